The summed E-state index contributed by atoms with van der Waals surface area (Å²) in [7, 11) is 0. The molecule has 27 heavy (non-hydrogen) atoms. The Morgan fingerprint density at radius 3 is 2.04 bits per heavy atom. The van der Waals surface area contributed by atoms with E-state index < -0.39 is 23.7 Å². The predicted octanol–water partition coefficient (Wildman–Crippen LogP) is 7.19. The van der Waals surface area contributed by atoms with Crippen LogP contribution in [0.25, 0.3) is 20.2 Å². The van der Waals surface area contributed by atoms with Crippen molar-refractivity contribution in [2.75, 3.05) is 6.61 Å². The van der Waals surface area contributed by atoms with Gasteiger partial charge in [0.05, 0.1) is 16.0 Å². The first-order valence-corrected chi connectivity index (χ1v) is 9.35. The van der Waals surface area contributed by atoms with E-state index >= 15 is 0 Å². The first-order valence-electron chi connectivity index (χ1n) is 8.53. The van der Waals surface area contributed by atoms with Crippen LogP contribution >= 0.6 is 11.3 Å². The molecule has 0 atom stereocenters. The highest BCUT2D eigenvalue weighted by atomic mass is 32.1. The van der Waals surface area contributed by atoms with Gasteiger partial charge in [0, 0.05) is 10.8 Å². The van der Waals surface area contributed by atoms with Crippen molar-refractivity contribution in [3.8, 4) is 11.5 Å². The molecule has 146 valence electrons. The zero-order valence-corrected chi connectivity index (χ0v) is 15.3. The van der Waals surface area contributed by atoms with Crippen LogP contribution in [0.3, 0.4) is 0 Å². The van der Waals surface area contributed by atoms with Gasteiger partial charge in [-0.25, -0.2) is 8.78 Å². The van der Waals surface area contributed by atoms with E-state index in [0.717, 1.165) is 43.1 Å². The lowest BCUT2D eigenvalue weighted by atomic mass is 10.1. The molecule has 0 radical (unpaired) electrons. The summed E-state index contributed by atoms with van der Waals surface area (Å²) in [4.78, 5) is 0. The Morgan fingerprint density at radius 1 is 0.852 bits per heavy atom. The quantitative estimate of drug-likeness (QED) is 0.306. The average molecular weight is 404 g/mol. The largest absolute Gasteiger partial charge is 0.573 e. The number of ether oxygens (including phenoxy) is 2. The highest BCUT2D eigenvalue weighted by molar-refractivity contribution is 7.25. The average Bonchev–Trinajstić information content (AvgIpc) is 2.98. The van der Waals surface area contributed by atoms with Gasteiger partial charge in [-0.1, -0.05) is 26.2 Å². The molecule has 0 saturated carbocycles. The molecule has 0 aliphatic heterocycles. The van der Waals surface area contributed by atoms with Crippen molar-refractivity contribution in [3.05, 3.63) is 35.9 Å². The maximum atomic E-state index is 14.7. The Hall–Kier alpha value is -2.09. The molecular formula is C19H17F5O2S. The van der Waals surface area contributed by atoms with Gasteiger partial charge in [0.25, 0.3) is 0 Å². The second-order valence-corrected chi connectivity index (χ2v) is 7.09. The van der Waals surface area contributed by atoms with E-state index in [1.165, 1.54) is 12.1 Å². The van der Waals surface area contributed by atoms with Gasteiger partial charge in [-0.15, -0.1) is 24.5 Å². The summed E-state index contributed by atoms with van der Waals surface area (Å²) < 4.78 is 75.5. The van der Waals surface area contributed by atoms with Crippen molar-refractivity contribution in [3.63, 3.8) is 0 Å². The SMILES string of the molecule is CCCCCCOc1ccc2c(sc3c(F)c(OC(F)(F)F)ccc32)c1F. The predicted molar refractivity (Wildman–Crippen MR) is 95.6 cm³/mol. The highest BCUT2D eigenvalue weighted by Gasteiger charge is 2.33. The van der Waals surface area contributed by atoms with Crippen LogP contribution in [-0.2, 0) is 0 Å². The fourth-order valence-corrected chi connectivity index (χ4v) is 3.99. The third-order valence-electron chi connectivity index (χ3n) is 4.10. The first kappa shape index (κ1) is 19.7. The van der Waals surface area contributed by atoms with Gasteiger partial charge >= 0.3 is 6.36 Å². The fourth-order valence-electron chi connectivity index (χ4n) is 2.83. The zero-order chi connectivity index (χ0) is 19.6. The summed E-state index contributed by atoms with van der Waals surface area (Å²) in [5, 5.41) is 0.749. The number of rotatable bonds is 7. The summed E-state index contributed by atoms with van der Waals surface area (Å²) in [5.74, 6) is -2.68. The Balaban J connectivity index is 1.93. The van der Waals surface area contributed by atoms with Gasteiger partial charge in [-0.05, 0) is 30.7 Å². The molecule has 0 unspecified atom stereocenters. The van der Waals surface area contributed by atoms with Crippen molar-refractivity contribution in [2.24, 2.45) is 0 Å². The Kier molecular flexibility index (Phi) is 5.74. The van der Waals surface area contributed by atoms with Crippen LogP contribution in [0.2, 0.25) is 0 Å². The Morgan fingerprint density at radius 2 is 1.44 bits per heavy atom. The van der Waals surface area contributed by atoms with E-state index in [1.54, 1.807) is 6.07 Å². The molecule has 0 aliphatic rings. The molecule has 0 fully saturated rings. The normalized spacial score (nSPS) is 12.1. The summed E-state index contributed by atoms with van der Waals surface area (Å²) in [6, 6.07) is 5.24. The van der Waals surface area contributed by atoms with Crippen LogP contribution in [0, 0.1) is 11.6 Å². The third kappa shape index (κ3) is 4.26. The van der Waals surface area contributed by atoms with Gasteiger partial charge in [-0.2, -0.15) is 0 Å². The van der Waals surface area contributed by atoms with Crippen LogP contribution in [0.5, 0.6) is 11.5 Å². The van der Waals surface area contributed by atoms with Crippen molar-refractivity contribution in [1.82, 2.24) is 0 Å². The van der Waals surface area contributed by atoms with Crippen LogP contribution < -0.4 is 9.47 Å². The molecule has 2 nitrogen and oxygen atoms in total. The van der Waals surface area contributed by atoms with Crippen molar-refractivity contribution >= 4 is 31.5 Å². The molecule has 3 aromatic rings. The van der Waals surface area contributed by atoms with Crippen LogP contribution in [-0.4, -0.2) is 13.0 Å². The van der Waals surface area contributed by atoms with Gasteiger partial charge in [-0.3, -0.25) is 0 Å². The van der Waals surface area contributed by atoms with Crippen molar-refractivity contribution in [1.29, 1.82) is 0 Å². The van der Waals surface area contributed by atoms with Gasteiger partial charge in [0.15, 0.2) is 23.1 Å². The minimum absolute atomic E-state index is 0.0535. The fraction of sp³-hybridized carbons (Fsp3) is 0.368. The van der Waals surface area contributed by atoms with E-state index in [0.29, 0.717) is 17.4 Å². The molecular weight excluding hydrogens is 387 g/mol. The number of benzene rings is 2. The minimum Gasteiger partial charge on any atom is -0.490 e. The first-order chi connectivity index (χ1) is 12.8. The van der Waals surface area contributed by atoms with E-state index in [-0.39, 0.29) is 15.1 Å². The molecule has 0 aliphatic carbocycles. The number of hydrogen-bond donors (Lipinski definition) is 0. The molecule has 0 spiro atoms. The molecule has 1 aromatic heterocycles. The van der Waals surface area contributed by atoms with E-state index in [2.05, 4.69) is 11.7 Å². The van der Waals surface area contributed by atoms with Crippen molar-refractivity contribution in [2.45, 2.75) is 39.0 Å². The monoisotopic (exact) mass is 404 g/mol. The highest BCUT2D eigenvalue weighted by Crippen LogP contribution is 2.42. The molecule has 1 heterocycles. The summed E-state index contributed by atoms with van der Waals surface area (Å²) in [5.41, 5.74) is 0. The van der Waals surface area contributed by atoms with E-state index in [1.807, 2.05) is 0 Å². The molecule has 0 saturated heterocycles. The number of fused-ring (bicyclic) bond motifs is 3. The topological polar surface area (TPSA) is 18.5 Å². The van der Waals surface area contributed by atoms with Crippen LogP contribution in [0.15, 0.2) is 24.3 Å². The minimum atomic E-state index is -5.00. The Labute approximate surface area is 156 Å². The second kappa shape index (κ2) is 7.88. The number of thiophene rings is 1. The van der Waals surface area contributed by atoms with E-state index in [4.69, 9.17) is 4.74 Å². The lowest BCUT2D eigenvalue weighted by Gasteiger charge is -2.09. The maximum absolute atomic E-state index is 14.7. The summed E-state index contributed by atoms with van der Waals surface area (Å²) in [6.45, 7) is 2.45. The standard InChI is InChI=1S/C19H17F5O2S/c1-2-3-4-5-10-25-13-8-6-11-12-7-9-14(26-19(22,23)24)16(21)18(12)27-17(11)15(13)20/h6-9H,2-5,10H2,1H3. The van der Waals surface area contributed by atoms with Gasteiger partial charge in [0.2, 0.25) is 0 Å². The summed E-state index contributed by atoms with van der Waals surface area (Å²) in [6.07, 6.45) is -1.08. The molecule has 8 heteroatoms. The maximum Gasteiger partial charge on any atom is 0.573 e. The molecule has 0 N–H and O–H groups in total. The number of unbranched alkanes of at least 4 members (excludes halogenated alkanes) is 3. The lowest BCUT2D eigenvalue weighted by Crippen LogP contribution is -2.17. The number of hydrogen-bond acceptors (Lipinski definition) is 3. The zero-order valence-electron chi connectivity index (χ0n) is 14.5. The third-order valence-corrected chi connectivity index (χ3v) is 5.31. The lowest BCUT2D eigenvalue weighted by molar-refractivity contribution is -0.275. The molecule has 2 aromatic carbocycles. The van der Waals surface area contributed by atoms with Gasteiger partial charge in [0.1, 0.15) is 0 Å². The van der Waals surface area contributed by atoms with Gasteiger partial charge < -0.3 is 9.47 Å². The molecule has 3 rings (SSSR count). The van der Waals surface area contributed by atoms with Crippen LogP contribution in [0.4, 0.5) is 22.0 Å². The molecule has 0 amide bonds. The van der Waals surface area contributed by atoms with Crippen molar-refractivity contribution < 1.29 is 31.4 Å². The number of halogens is 5. The number of alkyl halides is 3. The van der Waals surface area contributed by atoms with Crippen LogP contribution in [0.1, 0.15) is 32.6 Å². The second-order valence-electron chi connectivity index (χ2n) is 6.07. The smallest absolute Gasteiger partial charge is 0.490 e. The summed E-state index contributed by atoms with van der Waals surface area (Å²) >= 11 is 0.739. The molecule has 0 bridgehead atoms. The van der Waals surface area contributed by atoms with E-state index in [9.17, 15) is 22.0 Å². The Bertz CT molecular complexity index is 949.